The first-order valence-electron chi connectivity index (χ1n) is 11.1. The Kier molecular flexibility index (Phi) is 4.94. The van der Waals surface area contributed by atoms with Crippen LogP contribution in [0.5, 0.6) is 5.75 Å². The highest BCUT2D eigenvalue weighted by Gasteiger charge is 2.49. The van der Waals surface area contributed by atoms with Crippen molar-refractivity contribution in [2.45, 2.75) is 51.0 Å². The van der Waals surface area contributed by atoms with Gasteiger partial charge in [0.05, 0.1) is 19.0 Å². The average molecular weight is 393 g/mol. The van der Waals surface area contributed by atoms with Crippen molar-refractivity contribution in [1.82, 2.24) is 14.9 Å². The molecule has 2 aliphatic heterocycles. The summed E-state index contributed by atoms with van der Waals surface area (Å²) >= 11 is 0. The minimum absolute atomic E-state index is 0.510. The van der Waals surface area contributed by atoms with Crippen LogP contribution in [-0.4, -0.2) is 54.2 Å². The molecule has 1 unspecified atom stereocenters. The summed E-state index contributed by atoms with van der Waals surface area (Å²) in [6.45, 7) is 6.76. The number of methoxy groups -OCH3 is 1. The molecule has 29 heavy (non-hydrogen) atoms. The largest absolute Gasteiger partial charge is 0.496 e. The van der Waals surface area contributed by atoms with E-state index >= 15 is 0 Å². The van der Waals surface area contributed by atoms with Gasteiger partial charge in [-0.05, 0) is 69.7 Å². The maximum Gasteiger partial charge on any atom is 0.147 e. The zero-order valence-corrected chi connectivity index (χ0v) is 17.7. The zero-order chi connectivity index (χ0) is 19.8. The van der Waals surface area contributed by atoms with Gasteiger partial charge in [0.1, 0.15) is 11.6 Å². The number of anilines is 1. The normalized spacial score (nSPS) is 24.6. The van der Waals surface area contributed by atoms with E-state index in [2.05, 4.69) is 44.0 Å². The third-order valence-electron chi connectivity index (χ3n) is 7.42. The Bertz CT molecular complexity index is 855. The highest BCUT2D eigenvalue weighted by Crippen LogP contribution is 2.48. The van der Waals surface area contributed by atoms with E-state index in [1.165, 1.54) is 50.8 Å². The third-order valence-corrected chi connectivity index (χ3v) is 7.42. The molecule has 0 amide bonds. The van der Waals surface area contributed by atoms with E-state index in [9.17, 15) is 0 Å². The van der Waals surface area contributed by atoms with Crippen LogP contribution in [-0.2, 0) is 0 Å². The lowest BCUT2D eigenvalue weighted by Crippen LogP contribution is -2.56. The second-order valence-corrected chi connectivity index (χ2v) is 9.32. The molecular weight excluding hydrogens is 360 g/mol. The summed E-state index contributed by atoms with van der Waals surface area (Å²) in [5, 5.41) is 0. The smallest absolute Gasteiger partial charge is 0.147 e. The summed E-state index contributed by atoms with van der Waals surface area (Å²) in [5.41, 5.74) is 2.91. The number of para-hydroxylation sites is 1. The summed E-state index contributed by atoms with van der Waals surface area (Å²) in [6.07, 6.45) is 10.3. The van der Waals surface area contributed by atoms with E-state index in [4.69, 9.17) is 4.74 Å². The Balaban J connectivity index is 1.15. The number of ether oxygens (including phenoxy) is 1. The fourth-order valence-electron chi connectivity index (χ4n) is 5.88. The number of benzene rings is 1. The minimum Gasteiger partial charge on any atom is -0.496 e. The maximum atomic E-state index is 5.60. The van der Waals surface area contributed by atoms with Crippen LogP contribution < -0.4 is 9.64 Å². The van der Waals surface area contributed by atoms with Gasteiger partial charge in [0, 0.05) is 30.7 Å². The highest BCUT2D eigenvalue weighted by molar-refractivity contribution is 5.42. The molecular formula is C24H32N4O. The van der Waals surface area contributed by atoms with Crippen LogP contribution in [0.15, 0.2) is 36.7 Å². The lowest BCUT2D eigenvalue weighted by atomic mass is 9.78. The van der Waals surface area contributed by atoms with Gasteiger partial charge in [-0.25, -0.2) is 4.98 Å². The molecule has 0 N–H and O–H groups in total. The molecule has 3 heterocycles. The number of aryl methyl sites for hydroxylation is 1. The molecule has 1 spiro atoms. The number of likely N-dealkylation sites (tertiary alicyclic amines) is 1. The molecule has 5 heteroatoms. The number of piperidine rings is 1. The Labute approximate surface area is 174 Å². The molecule has 3 fully saturated rings. The molecule has 0 radical (unpaired) electrons. The van der Waals surface area contributed by atoms with Gasteiger partial charge in [0.2, 0.25) is 0 Å². The van der Waals surface area contributed by atoms with Crippen LogP contribution in [0.1, 0.15) is 49.3 Å². The van der Waals surface area contributed by atoms with Crippen molar-refractivity contribution in [3.05, 3.63) is 47.9 Å². The lowest BCUT2D eigenvalue weighted by molar-refractivity contribution is 0.131. The molecule has 1 aromatic carbocycles. The van der Waals surface area contributed by atoms with Crippen LogP contribution in [0.25, 0.3) is 0 Å². The predicted octanol–water partition coefficient (Wildman–Crippen LogP) is 4.03. The lowest BCUT2D eigenvalue weighted by Gasteiger charge is -2.49. The van der Waals surface area contributed by atoms with E-state index in [0.717, 1.165) is 36.4 Å². The number of aromatic nitrogens is 2. The average Bonchev–Trinajstić information content (AvgIpc) is 3.19. The van der Waals surface area contributed by atoms with Crippen molar-refractivity contribution in [1.29, 1.82) is 0 Å². The third kappa shape index (κ3) is 3.61. The van der Waals surface area contributed by atoms with Gasteiger partial charge >= 0.3 is 0 Å². The van der Waals surface area contributed by atoms with Gasteiger partial charge in [-0.2, -0.15) is 0 Å². The SMILES string of the molecule is COc1ccccc1C1CCN(C2CCC3(C2)CN(c2cncc(C)n2)C3)CC1. The number of nitrogens with zero attached hydrogens (tertiary/aromatic N) is 4. The number of hydrogen-bond acceptors (Lipinski definition) is 5. The van der Waals surface area contributed by atoms with E-state index in [-0.39, 0.29) is 0 Å². The van der Waals surface area contributed by atoms with Crippen molar-refractivity contribution >= 4 is 5.82 Å². The summed E-state index contributed by atoms with van der Waals surface area (Å²) in [4.78, 5) is 14.2. The highest BCUT2D eigenvalue weighted by atomic mass is 16.5. The van der Waals surface area contributed by atoms with Crippen molar-refractivity contribution in [2.75, 3.05) is 38.2 Å². The Morgan fingerprint density at radius 3 is 2.62 bits per heavy atom. The molecule has 3 aliphatic rings. The van der Waals surface area contributed by atoms with Gasteiger partial charge < -0.3 is 14.5 Å². The molecule has 2 aromatic rings. The molecule has 1 aromatic heterocycles. The maximum absolute atomic E-state index is 5.60. The minimum atomic E-state index is 0.510. The van der Waals surface area contributed by atoms with Gasteiger partial charge in [-0.15, -0.1) is 0 Å². The second kappa shape index (κ2) is 7.60. The topological polar surface area (TPSA) is 41.5 Å². The first kappa shape index (κ1) is 18.9. The molecule has 5 rings (SSSR count). The number of hydrogen-bond donors (Lipinski definition) is 0. The van der Waals surface area contributed by atoms with Gasteiger partial charge in [-0.1, -0.05) is 18.2 Å². The van der Waals surface area contributed by atoms with E-state index < -0.39 is 0 Å². The van der Waals surface area contributed by atoms with Gasteiger partial charge in [-0.3, -0.25) is 4.98 Å². The van der Waals surface area contributed by atoms with Crippen LogP contribution >= 0.6 is 0 Å². The fraction of sp³-hybridized carbons (Fsp3) is 0.583. The summed E-state index contributed by atoms with van der Waals surface area (Å²) in [5.74, 6) is 2.74. The van der Waals surface area contributed by atoms with Crippen molar-refractivity contribution in [2.24, 2.45) is 5.41 Å². The molecule has 1 aliphatic carbocycles. The monoisotopic (exact) mass is 392 g/mol. The van der Waals surface area contributed by atoms with Crippen LogP contribution in [0.2, 0.25) is 0 Å². The van der Waals surface area contributed by atoms with Crippen molar-refractivity contribution < 1.29 is 4.74 Å². The van der Waals surface area contributed by atoms with Crippen LogP contribution in [0, 0.1) is 12.3 Å². The van der Waals surface area contributed by atoms with Crippen molar-refractivity contribution in [3.63, 3.8) is 0 Å². The van der Waals surface area contributed by atoms with Gasteiger partial charge in [0.15, 0.2) is 0 Å². The van der Waals surface area contributed by atoms with Gasteiger partial charge in [0.25, 0.3) is 0 Å². The summed E-state index contributed by atoms with van der Waals surface area (Å²) in [7, 11) is 1.79. The number of rotatable bonds is 4. The molecule has 154 valence electrons. The zero-order valence-electron chi connectivity index (χ0n) is 17.7. The Morgan fingerprint density at radius 2 is 1.86 bits per heavy atom. The van der Waals surface area contributed by atoms with Crippen LogP contribution in [0.4, 0.5) is 5.82 Å². The molecule has 1 atom stereocenters. The van der Waals surface area contributed by atoms with E-state index in [0.29, 0.717) is 11.3 Å². The fourth-order valence-corrected chi connectivity index (χ4v) is 5.88. The van der Waals surface area contributed by atoms with Crippen LogP contribution in [0.3, 0.4) is 0 Å². The summed E-state index contributed by atoms with van der Waals surface area (Å²) in [6, 6.07) is 9.33. The molecule has 0 bridgehead atoms. The standard InChI is InChI=1S/C24H32N4O/c1-18-14-25-15-23(26-18)28-16-24(17-28)10-7-20(13-24)27-11-8-19(9-12-27)21-5-3-4-6-22(21)29-2/h3-6,14-15,19-20H,7-13,16-17H2,1-2H3. The summed E-state index contributed by atoms with van der Waals surface area (Å²) < 4.78 is 5.60. The molecule has 2 saturated heterocycles. The Hall–Kier alpha value is -2.14. The van der Waals surface area contributed by atoms with E-state index in [1.54, 1.807) is 7.11 Å². The quantitative estimate of drug-likeness (QED) is 0.786. The Morgan fingerprint density at radius 1 is 1.07 bits per heavy atom. The predicted molar refractivity (Wildman–Crippen MR) is 116 cm³/mol. The first-order valence-corrected chi connectivity index (χ1v) is 11.1. The van der Waals surface area contributed by atoms with E-state index in [1.807, 2.05) is 19.3 Å². The second-order valence-electron chi connectivity index (χ2n) is 9.32. The molecule has 1 saturated carbocycles. The molecule has 5 nitrogen and oxygen atoms in total. The first-order chi connectivity index (χ1) is 14.2. The van der Waals surface area contributed by atoms with Crippen molar-refractivity contribution in [3.8, 4) is 5.75 Å².